The van der Waals surface area contributed by atoms with Crippen molar-refractivity contribution >= 4 is 28.7 Å². The Kier molecular flexibility index (Phi) is 5.01. The summed E-state index contributed by atoms with van der Waals surface area (Å²) in [5, 5.41) is 0. The van der Waals surface area contributed by atoms with Crippen LogP contribution in [0.3, 0.4) is 0 Å². The highest BCUT2D eigenvalue weighted by molar-refractivity contribution is 6.17. The molecule has 2 aromatic rings. The van der Waals surface area contributed by atoms with Gasteiger partial charge in [0.15, 0.2) is 5.65 Å². The highest BCUT2D eigenvalue weighted by Gasteiger charge is 2.14. The standard InChI is InChI=1S/C14H19ClN4O2/c1-18(2)13(20)7-9-19-11(6-8-15)16-10-4-5-12(21-3)17-14(10)19/h4-5H,6-9H2,1-3H3. The van der Waals surface area contributed by atoms with Gasteiger partial charge >= 0.3 is 0 Å². The molecule has 0 unspecified atom stereocenters. The summed E-state index contributed by atoms with van der Waals surface area (Å²) in [6.07, 6.45) is 1.03. The van der Waals surface area contributed by atoms with E-state index in [9.17, 15) is 4.79 Å². The first-order valence-corrected chi connectivity index (χ1v) is 7.26. The topological polar surface area (TPSA) is 60.3 Å². The van der Waals surface area contributed by atoms with E-state index in [1.165, 1.54) is 0 Å². The summed E-state index contributed by atoms with van der Waals surface area (Å²) in [5.41, 5.74) is 1.51. The molecular weight excluding hydrogens is 292 g/mol. The molecule has 0 spiro atoms. The second-order valence-electron chi connectivity index (χ2n) is 4.85. The maximum atomic E-state index is 11.8. The Morgan fingerprint density at radius 1 is 1.38 bits per heavy atom. The molecule has 0 aromatic carbocycles. The average Bonchev–Trinajstić information content (AvgIpc) is 2.81. The number of aromatic nitrogens is 3. The van der Waals surface area contributed by atoms with Gasteiger partial charge in [0.05, 0.1) is 7.11 Å². The van der Waals surface area contributed by atoms with Crippen molar-refractivity contribution in [1.29, 1.82) is 0 Å². The van der Waals surface area contributed by atoms with Crippen molar-refractivity contribution in [2.75, 3.05) is 27.1 Å². The van der Waals surface area contributed by atoms with E-state index in [4.69, 9.17) is 16.3 Å². The van der Waals surface area contributed by atoms with Crippen molar-refractivity contribution in [3.63, 3.8) is 0 Å². The molecule has 0 bridgehead atoms. The molecule has 0 fully saturated rings. The van der Waals surface area contributed by atoms with Crippen LogP contribution in [0.25, 0.3) is 11.2 Å². The molecule has 2 rings (SSSR count). The maximum Gasteiger partial charge on any atom is 0.223 e. The zero-order chi connectivity index (χ0) is 15.4. The van der Waals surface area contributed by atoms with Gasteiger partial charge in [-0.15, -0.1) is 11.6 Å². The number of alkyl halides is 1. The molecule has 2 heterocycles. The largest absolute Gasteiger partial charge is 0.481 e. The first-order valence-electron chi connectivity index (χ1n) is 6.73. The van der Waals surface area contributed by atoms with Gasteiger partial charge in [0.1, 0.15) is 11.3 Å². The zero-order valence-corrected chi connectivity index (χ0v) is 13.2. The average molecular weight is 311 g/mol. The summed E-state index contributed by atoms with van der Waals surface area (Å²) in [6, 6.07) is 3.64. The lowest BCUT2D eigenvalue weighted by Gasteiger charge is -2.12. The van der Waals surface area contributed by atoms with E-state index in [1.807, 2.05) is 10.6 Å². The lowest BCUT2D eigenvalue weighted by atomic mass is 10.3. The fraction of sp³-hybridized carbons (Fsp3) is 0.500. The van der Waals surface area contributed by atoms with Gasteiger partial charge in [-0.25, -0.2) is 4.98 Å². The SMILES string of the molecule is COc1ccc2nc(CCCl)n(CCC(=O)N(C)C)c2n1. The third-order valence-electron chi connectivity index (χ3n) is 3.22. The third kappa shape index (κ3) is 3.44. The van der Waals surface area contributed by atoms with E-state index < -0.39 is 0 Å². The van der Waals surface area contributed by atoms with Crippen LogP contribution in [0, 0.1) is 0 Å². The molecular formula is C14H19ClN4O2. The van der Waals surface area contributed by atoms with E-state index in [0.717, 1.165) is 17.0 Å². The number of imidazole rings is 1. The summed E-state index contributed by atoms with van der Waals surface area (Å²) in [6.45, 7) is 0.528. The minimum Gasteiger partial charge on any atom is -0.481 e. The zero-order valence-electron chi connectivity index (χ0n) is 12.5. The Labute approximate surface area is 128 Å². The number of fused-ring (bicyclic) bond motifs is 1. The summed E-state index contributed by atoms with van der Waals surface area (Å²) in [4.78, 5) is 22.3. The number of halogens is 1. The van der Waals surface area contributed by atoms with Crippen LogP contribution in [0.15, 0.2) is 12.1 Å². The lowest BCUT2D eigenvalue weighted by molar-refractivity contribution is -0.128. The van der Waals surface area contributed by atoms with Gasteiger partial charge in [0.25, 0.3) is 0 Å². The van der Waals surface area contributed by atoms with Crippen LogP contribution in [0.2, 0.25) is 0 Å². The lowest BCUT2D eigenvalue weighted by Crippen LogP contribution is -2.23. The van der Waals surface area contributed by atoms with Gasteiger partial charge in [-0.05, 0) is 6.07 Å². The van der Waals surface area contributed by atoms with E-state index in [1.54, 1.807) is 32.2 Å². The predicted molar refractivity (Wildman–Crippen MR) is 81.8 cm³/mol. The highest BCUT2D eigenvalue weighted by Crippen LogP contribution is 2.19. The van der Waals surface area contributed by atoms with Crippen LogP contribution in [0.1, 0.15) is 12.2 Å². The Hall–Kier alpha value is -1.82. The van der Waals surface area contributed by atoms with Crippen LogP contribution in [-0.4, -0.2) is 52.4 Å². The van der Waals surface area contributed by atoms with Crippen molar-refractivity contribution in [1.82, 2.24) is 19.4 Å². The fourth-order valence-corrected chi connectivity index (χ4v) is 2.26. The first-order chi connectivity index (χ1) is 10.1. The van der Waals surface area contributed by atoms with E-state index in [2.05, 4.69) is 9.97 Å². The minimum absolute atomic E-state index is 0.0663. The van der Waals surface area contributed by atoms with Crippen LogP contribution in [0.4, 0.5) is 0 Å². The minimum atomic E-state index is 0.0663. The van der Waals surface area contributed by atoms with Crippen molar-refractivity contribution < 1.29 is 9.53 Å². The number of carbonyl (C=O) groups excluding carboxylic acids is 1. The van der Waals surface area contributed by atoms with Crippen LogP contribution in [0.5, 0.6) is 5.88 Å². The normalized spacial score (nSPS) is 10.9. The van der Waals surface area contributed by atoms with Crippen LogP contribution in [-0.2, 0) is 17.8 Å². The maximum absolute atomic E-state index is 11.8. The molecule has 0 aliphatic heterocycles. The molecule has 0 atom stereocenters. The molecule has 7 heteroatoms. The molecule has 2 aromatic heterocycles. The molecule has 6 nitrogen and oxygen atoms in total. The number of pyridine rings is 1. The number of ether oxygens (including phenoxy) is 1. The number of hydrogen-bond donors (Lipinski definition) is 0. The van der Waals surface area contributed by atoms with Crippen molar-refractivity contribution in [2.24, 2.45) is 0 Å². The quantitative estimate of drug-likeness (QED) is 0.762. The van der Waals surface area contributed by atoms with E-state index in [0.29, 0.717) is 31.1 Å². The van der Waals surface area contributed by atoms with Gasteiger partial charge in [0, 0.05) is 45.4 Å². The van der Waals surface area contributed by atoms with Gasteiger partial charge in [-0.3, -0.25) is 4.79 Å². The summed E-state index contributed by atoms with van der Waals surface area (Å²) in [7, 11) is 5.06. The smallest absolute Gasteiger partial charge is 0.223 e. The fourth-order valence-electron chi connectivity index (χ4n) is 2.09. The number of carbonyl (C=O) groups is 1. The molecule has 21 heavy (non-hydrogen) atoms. The van der Waals surface area contributed by atoms with Gasteiger partial charge in [-0.2, -0.15) is 4.98 Å². The van der Waals surface area contributed by atoms with E-state index in [-0.39, 0.29) is 5.91 Å². The number of rotatable bonds is 6. The molecule has 0 aliphatic rings. The molecule has 1 amide bonds. The Bertz CT molecular complexity index is 639. The molecule has 0 radical (unpaired) electrons. The van der Waals surface area contributed by atoms with Crippen molar-refractivity contribution in [3.8, 4) is 5.88 Å². The van der Waals surface area contributed by atoms with Gasteiger partial charge in [-0.1, -0.05) is 0 Å². The second kappa shape index (κ2) is 6.76. The molecule has 0 saturated heterocycles. The van der Waals surface area contributed by atoms with Crippen LogP contribution >= 0.6 is 11.6 Å². The van der Waals surface area contributed by atoms with Crippen molar-refractivity contribution in [2.45, 2.75) is 19.4 Å². The Balaban J connectivity index is 2.36. The third-order valence-corrected chi connectivity index (χ3v) is 3.41. The number of aryl methyl sites for hydroxylation is 2. The highest BCUT2D eigenvalue weighted by atomic mass is 35.5. The first kappa shape index (κ1) is 15.6. The molecule has 0 N–H and O–H groups in total. The van der Waals surface area contributed by atoms with Gasteiger partial charge < -0.3 is 14.2 Å². The predicted octanol–water partition coefficient (Wildman–Crippen LogP) is 1.70. The second-order valence-corrected chi connectivity index (χ2v) is 5.23. The Morgan fingerprint density at radius 2 is 2.14 bits per heavy atom. The number of methoxy groups -OCH3 is 1. The van der Waals surface area contributed by atoms with Gasteiger partial charge in [0.2, 0.25) is 11.8 Å². The monoisotopic (exact) mass is 310 g/mol. The summed E-state index contributed by atoms with van der Waals surface area (Å²) >= 11 is 5.83. The molecule has 0 saturated carbocycles. The number of nitrogens with zero attached hydrogens (tertiary/aromatic N) is 4. The number of amides is 1. The van der Waals surface area contributed by atoms with Crippen molar-refractivity contribution in [3.05, 3.63) is 18.0 Å². The number of hydrogen-bond acceptors (Lipinski definition) is 4. The molecule has 0 aliphatic carbocycles. The Morgan fingerprint density at radius 3 is 2.76 bits per heavy atom. The summed E-state index contributed by atoms with van der Waals surface area (Å²) < 4.78 is 7.10. The molecule has 114 valence electrons. The van der Waals surface area contributed by atoms with E-state index >= 15 is 0 Å². The van der Waals surface area contributed by atoms with Crippen LogP contribution < -0.4 is 4.74 Å². The summed E-state index contributed by atoms with van der Waals surface area (Å²) in [5.74, 6) is 1.91.